The molecular weight excluding hydrogens is 668 g/mol. The van der Waals surface area contributed by atoms with Gasteiger partial charge >= 0.3 is 6.09 Å². The van der Waals surface area contributed by atoms with Crippen molar-refractivity contribution in [1.29, 1.82) is 0 Å². The predicted octanol–water partition coefficient (Wildman–Crippen LogP) is 9.73. The summed E-state index contributed by atoms with van der Waals surface area (Å²) < 4.78 is 11.6. The van der Waals surface area contributed by atoms with Gasteiger partial charge in [0.05, 0.1) is 6.61 Å². The van der Waals surface area contributed by atoms with E-state index in [9.17, 15) is 24.9 Å². The van der Waals surface area contributed by atoms with Crippen molar-refractivity contribution >= 4 is 12.0 Å². The zero-order valence-corrected chi connectivity index (χ0v) is 33.7. The zero-order chi connectivity index (χ0) is 38.4. The van der Waals surface area contributed by atoms with Gasteiger partial charge in [0, 0.05) is 13.0 Å². The lowest BCUT2D eigenvalue weighted by Gasteiger charge is -2.46. The molecular formula is C44H78N2O7. The maximum atomic E-state index is 13.9. The lowest BCUT2D eigenvalue weighted by molar-refractivity contribution is -0.230. The van der Waals surface area contributed by atoms with Crippen LogP contribution in [0, 0.1) is 0 Å². The van der Waals surface area contributed by atoms with E-state index < -0.39 is 43.3 Å². The summed E-state index contributed by atoms with van der Waals surface area (Å²) in [6.07, 6.45) is 24.8. The Kier molecular flexibility index (Phi) is 27.5. The molecule has 0 saturated carbocycles. The average molecular weight is 747 g/mol. The van der Waals surface area contributed by atoms with E-state index in [1.165, 1.54) is 116 Å². The minimum Gasteiger partial charge on any atom is -0.445 e. The number of aliphatic hydroxyl groups excluding tert-OH is 3. The summed E-state index contributed by atoms with van der Waals surface area (Å²) in [6, 6.07) is 8.13. The predicted molar refractivity (Wildman–Crippen MR) is 214 cm³/mol. The normalized spacial score (nSPS) is 20.0. The molecule has 1 aromatic carbocycles. The largest absolute Gasteiger partial charge is 0.445 e. The molecule has 0 aliphatic carbocycles. The van der Waals surface area contributed by atoms with Gasteiger partial charge in [0.2, 0.25) is 5.91 Å². The van der Waals surface area contributed by atoms with Crippen LogP contribution in [0.25, 0.3) is 0 Å². The van der Waals surface area contributed by atoms with E-state index >= 15 is 0 Å². The van der Waals surface area contributed by atoms with E-state index in [1.54, 1.807) is 4.90 Å². The summed E-state index contributed by atoms with van der Waals surface area (Å²) >= 11 is 0. The topological polar surface area (TPSA) is 129 Å². The summed E-state index contributed by atoms with van der Waals surface area (Å²) in [5.41, 5.74) is 0.807. The average Bonchev–Trinajstić information content (AvgIpc) is 3.17. The fraction of sp³-hybridized carbons (Fsp3) is 0.818. The first kappa shape index (κ1) is 47.0. The van der Waals surface area contributed by atoms with Crippen molar-refractivity contribution in [3.8, 4) is 0 Å². The maximum Gasteiger partial charge on any atom is 0.407 e. The first-order valence-electron chi connectivity index (χ1n) is 21.8. The first-order valence-corrected chi connectivity index (χ1v) is 21.8. The van der Waals surface area contributed by atoms with Crippen LogP contribution in [-0.4, -0.2) is 76.0 Å². The number of nitrogens with zero attached hydrogens (tertiary/aromatic N) is 1. The molecule has 0 radical (unpaired) electrons. The third-order valence-electron chi connectivity index (χ3n) is 10.8. The van der Waals surface area contributed by atoms with Gasteiger partial charge in [0.15, 0.2) is 6.23 Å². The number of hydrogen-bond acceptors (Lipinski definition) is 7. The molecule has 1 saturated heterocycles. The maximum absolute atomic E-state index is 13.9. The molecule has 9 nitrogen and oxygen atoms in total. The molecule has 4 N–H and O–H groups in total. The van der Waals surface area contributed by atoms with Gasteiger partial charge in [-0.3, -0.25) is 4.79 Å². The Balaban J connectivity index is 1.91. The van der Waals surface area contributed by atoms with Gasteiger partial charge in [0.25, 0.3) is 0 Å². The second-order valence-corrected chi connectivity index (χ2v) is 15.4. The van der Waals surface area contributed by atoms with Crippen LogP contribution < -0.4 is 5.32 Å². The molecule has 0 aromatic heterocycles. The Morgan fingerprint density at radius 3 is 1.58 bits per heavy atom. The highest BCUT2D eigenvalue weighted by molar-refractivity contribution is 5.76. The van der Waals surface area contributed by atoms with Crippen molar-refractivity contribution in [2.45, 2.75) is 218 Å². The van der Waals surface area contributed by atoms with Gasteiger partial charge in [0.1, 0.15) is 31.0 Å². The quantitative estimate of drug-likeness (QED) is 0.0541. The third-order valence-corrected chi connectivity index (χ3v) is 10.8. The highest BCUT2D eigenvalue weighted by Crippen LogP contribution is 2.26. The second-order valence-electron chi connectivity index (χ2n) is 15.4. The number of alkyl carbamates (subject to hydrolysis) is 1. The van der Waals surface area contributed by atoms with Crippen LogP contribution in [0.3, 0.4) is 0 Å². The van der Waals surface area contributed by atoms with Gasteiger partial charge in [-0.25, -0.2) is 4.79 Å². The number of unbranched alkanes of at least 4 members (excludes halogenated alkanes) is 23. The summed E-state index contributed by atoms with van der Waals surface area (Å²) in [6.45, 7) is 4.40. The van der Waals surface area contributed by atoms with Crippen LogP contribution >= 0.6 is 0 Å². The Bertz CT molecular complexity index is 1030. The van der Waals surface area contributed by atoms with Crippen LogP contribution in [0.1, 0.15) is 186 Å². The molecule has 1 fully saturated rings. The number of aliphatic hydroxyl groups is 3. The van der Waals surface area contributed by atoms with Crippen molar-refractivity contribution in [3.63, 3.8) is 0 Å². The number of hydrogen-bond donors (Lipinski definition) is 4. The molecule has 1 aliphatic heterocycles. The van der Waals surface area contributed by atoms with E-state index in [0.29, 0.717) is 13.0 Å². The van der Waals surface area contributed by atoms with Gasteiger partial charge in [-0.05, 0) is 18.4 Å². The Hall–Kier alpha value is -2.20. The van der Waals surface area contributed by atoms with Crippen LogP contribution in [0.5, 0.6) is 0 Å². The number of rotatable bonds is 32. The number of benzene rings is 1. The second kappa shape index (κ2) is 31.1. The van der Waals surface area contributed by atoms with E-state index in [1.807, 2.05) is 30.3 Å². The Labute approximate surface area is 323 Å². The first-order chi connectivity index (χ1) is 25.9. The van der Waals surface area contributed by atoms with Crippen molar-refractivity contribution in [2.24, 2.45) is 0 Å². The molecule has 1 heterocycles. The lowest BCUT2D eigenvalue weighted by atomic mass is 9.95. The SMILES string of the molecule is CCCCCCCCCCCCCCCCCC(=O)N(CCCCCCCCCCCC)[C@@H]1O[C@H](CO)[C@@H](O)[C@H](O)[C@H]1NC(=O)OCc1ccccc1. The monoisotopic (exact) mass is 747 g/mol. The summed E-state index contributed by atoms with van der Waals surface area (Å²) in [5, 5.41) is 34.6. The number of amides is 2. The van der Waals surface area contributed by atoms with Crippen molar-refractivity contribution in [1.82, 2.24) is 10.2 Å². The number of ether oxygens (including phenoxy) is 2. The fourth-order valence-electron chi connectivity index (χ4n) is 7.38. The van der Waals surface area contributed by atoms with Gasteiger partial charge < -0.3 is 35.0 Å². The smallest absolute Gasteiger partial charge is 0.407 e. The molecule has 53 heavy (non-hydrogen) atoms. The van der Waals surface area contributed by atoms with Crippen molar-refractivity contribution in [2.75, 3.05) is 13.2 Å². The van der Waals surface area contributed by atoms with E-state index in [2.05, 4.69) is 19.2 Å². The molecule has 9 heteroatoms. The van der Waals surface area contributed by atoms with E-state index in [4.69, 9.17) is 9.47 Å². The highest BCUT2D eigenvalue weighted by Gasteiger charge is 2.48. The fourth-order valence-corrected chi connectivity index (χ4v) is 7.38. The van der Waals surface area contributed by atoms with Crippen molar-refractivity contribution < 1.29 is 34.4 Å². The van der Waals surface area contributed by atoms with Gasteiger partial charge in [-0.2, -0.15) is 0 Å². The molecule has 0 spiro atoms. The van der Waals surface area contributed by atoms with Crippen LogP contribution in [0.4, 0.5) is 4.79 Å². The van der Waals surface area contributed by atoms with Gasteiger partial charge in [-0.15, -0.1) is 0 Å². The standard InChI is InChI=1S/C44H78N2O7/c1-3-5-7-9-11-13-15-16-17-18-19-20-22-24-29-33-39(48)46(34-30-25-23-21-14-12-10-8-6-4-2)43-40(42(50)41(49)38(35-47)53-43)45-44(51)52-36-37-31-27-26-28-32-37/h26-28,31-32,38,40-43,47,49-50H,3-25,29-30,33-36H2,1-2H3,(H,45,51)/t38-,40-,41-,42-,43-/m1/s1. The molecule has 2 amide bonds. The van der Waals surface area contributed by atoms with Crippen molar-refractivity contribution in [3.05, 3.63) is 35.9 Å². The van der Waals surface area contributed by atoms with E-state index in [-0.39, 0.29) is 12.5 Å². The number of nitrogens with one attached hydrogen (secondary N) is 1. The highest BCUT2D eigenvalue weighted by atomic mass is 16.6. The Morgan fingerprint density at radius 2 is 1.11 bits per heavy atom. The lowest BCUT2D eigenvalue weighted by Crippen LogP contribution is -2.68. The summed E-state index contributed by atoms with van der Waals surface area (Å²) in [4.78, 5) is 28.5. The van der Waals surface area contributed by atoms with Crippen LogP contribution in [0.15, 0.2) is 30.3 Å². The number of carbonyl (C=O) groups is 2. The minimum atomic E-state index is -1.47. The summed E-state index contributed by atoms with van der Waals surface area (Å²) in [5.74, 6) is -0.106. The number of carbonyl (C=O) groups excluding carboxylic acids is 2. The zero-order valence-electron chi connectivity index (χ0n) is 33.7. The molecule has 1 aromatic rings. The molecule has 2 rings (SSSR count). The molecule has 306 valence electrons. The summed E-state index contributed by atoms with van der Waals surface area (Å²) in [7, 11) is 0. The molecule has 0 bridgehead atoms. The molecule has 5 atom stereocenters. The van der Waals surface area contributed by atoms with Gasteiger partial charge in [-0.1, -0.05) is 192 Å². The third kappa shape index (κ3) is 20.9. The van der Waals surface area contributed by atoms with Crippen LogP contribution in [-0.2, 0) is 20.9 Å². The molecule has 0 unspecified atom stereocenters. The minimum absolute atomic E-state index is 0.0310. The van der Waals surface area contributed by atoms with Crippen LogP contribution in [0.2, 0.25) is 0 Å². The van der Waals surface area contributed by atoms with E-state index in [0.717, 1.165) is 50.5 Å². The molecule has 1 aliphatic rings. The Morgan fingerprint density at radius 1 is 0.660 bits per heavy atom.